The number of carbonyl (C=O) groups is 1. The molecule has 1 N–H and O–H groups in total. The van der Waals surface area contributed by atoms with Crippen molar-refractivity contribution in [2.45, 2.75) is 13.5 Å². The van der Waals surface area contributed by atoms with Gasteiger partial charge in [-0.3, -0.25) is 4.79 Å². The van der Waals surface area contributed by atoms with Gasteiger partial charge in [-0.15, -0.1) is 22.7 Å². The fourth-order valence-electron chi connectivity index (χ4n) is 2.50. The van der Waals surface area contributed by atoms with Gasteiger partial charge in [0.25, 0.3) is 5.91 Å². The number of rotatable bonds is 4. The molecule has 4 aromatic rings. The first kappa shape index (κ1) is 17.5. The van der Waals surface area contributed by atoms with Crippen LogP contribution in [0.15, 0.2) is 36.7 Å². The van der Waals surface area contributed by atoms with E-state index in [9.17, 15) is 4.79 Å². The van der Waals surface area contributed by atoms with Crippen LogP contribution in [0.5, 0.6) is 0 Å². The highest BCUT2D eigenvalue weighted by Gasteiger charge is 2.17. The third kappa shape index (κ3) is 3.48. The summed E-state index contributed by atoms with van der Waals surface area (Å²) in [7, 11) is 0. The van der Waals surface area contributed by atoms with E-state index in [1.165, 1.54) is 22.7 Å². The zero-order valence-corrected chi connectivity index (χ0v) is 16.6. The average molecular weight is 423 g/mol. The Morgan fingerprint density at radius 2 is 2.00 bits per heavy atom. The molecular formula is C17H12Cl2N4OS2. The summed E-state index contributed by atoms with van der Waals surface area (Å²) in [6, 6.07) is 7.35. The minimum atomic E-state index is -0.163. The molecule has 132 valence electrons. The number of amides is 1. The standard InChI is InChI=1S/C17H12Cl2N4OS2/c1-9-15(26-17(21-9)12-3-4-13(19)25-12)16(24)20-6-11-8-23-7-10(18)2-5-14(23)22-11/h2-5,7-8H,6H2,1H3,(H,20,24). The normalized spacial score (nSPS) is 11.2. The Hall–Kier alpha value is -1.93. The van der Waals surface area contributed by atoms with E-state index in [1.807, 2.05) is 35.7 Å². The van der Waals surface area contributed by atoms with Crippen molar-refractivity contribution >= 4 is 57.4 Å². The number of pyridine rings is 1. The lowest BCUT2D eigenvalue weighted by atomic mass is 10.3. The van der Waals surface area contributed by atoms with Crippen molar-refractivity contribution in [3.8, 4) is 9.88 Å². The van der Waals surface area contributed by atoms with Crippen LogP contribution in [0, 0.1) is 6.92 Å². The van der Waals surface area contributed by atoms with Crippen molar-refractivity contribution in [1.82, 2.24) is 19.7 Å². The van der Waals surface area contributed by atoms with Gasteiger partial charge < -0.3 is 9.72 Å². The fraction of sp³-hybridized carbons (Fsp3) is 0.118. The molecule has 0 atom stereocenters. The highest BCUT2D eigenvalue weighted by Crippen LogP contribution is 2.34. The summed E-state index contributed by atoms with van der Waals surface area (Å²) in [5, 5.41) is 4.33. The lowest BCUT2D eigenvalue weighted by Gasteiger charge is -2.01. The number of fused-ring (bicyclic) bond motifs is 1. The van der Waals surface area contributed by atoms with Gasteiger partial charge in [0.05, 0.1) is 32.2 Å². The number of hydrogen-bond donors (Lipinski definition) is 1. The van der Waals surface area contributed by atoms with Crippen LogP contribution in [0.3, 0.4) is 0 Å². The molecule has 0 aliphatic rings. The number of carbonyl (C=O) groups excluding carboxylic acids is 1. The molecule has 26 heavy (non-hydrogen) atoms. The predicted octanol–water partition coefficient (Wildman–Crippen LogP) is 5.06. The molecule has 0 unspecified atom stereocenters. The van der Waals surface area contributed by atoms with E-state index in [1.54, 1.807) is 12.3 Å². The van der Waals surface area contributed by atoms with Gasteiger partial charge in [-0.2, -0.15) is 0 Å². The zero-order valence-electron chi connectivity index (χ0n) is 13.5. The Balaban J connectivity index is 1.50. The lowest BCUT2D eigenvalue weighted by Crippen LogP contribution is -2.22. The number of nitrogens with zero attached hydrogens (tertiary/aromatic N) is 3. The van der Waals surface area contributed by atoms with Crippen LogP contribution in [0.25, 0.3) is 15.5 Å². The number of nitrogens with one attached hydrogen (secondary N) is 1. The summed E-state index contributed by atoms with van der Waals surface area (Å²) in [6.07, 6.45) is 3.63. The summed E-state index contributed by atoms with van der Waals surface area (Å²) in [5.41, 5.74) is 2.24. The molecule has 0 spiro atoms. The molecule has 0 fully saturated rings. The maximum atomic E-state index is 12.5. The third-order valence-electron chi connectivity index (χ3n) is 3.68. The third-order valence-corrected chi connectivity index (χ3v) is 6.46. The molecule has 0 saturated carbocycles. The monoisotopic (exact) mass is 422 g/mol. The van der Waals surface area contributed by atoms with Crippen LogP contribution in [-0.2, 0) is 6.54 Å². The molecule has 4 aromatic heterocycles. The van der Waals surface area contributed by atoms with Crippen molar-refractivity contribution in [1.29, 1.82) is 0 Å². The Kier molecular flexibility index (Phi) is 4.71. The molecule has 1 amide bonds. The summed E-state index contributed by atoms with van der Waals surface area (Å²) >= 11 is 14.8. The first-order valence-electron chi connectivity index (χ1n) is 7.64. The van der Waals surface area contributed by atoms with Gasteiger partial charge in [0.2, 0.25) is 0 Å². The van der Waals surface area contributed by atoms with Crippen LogP contribution < -0.4 is 5.32 Å². The van der Waals surface area contributed by atoms with Crippen molar-refractivity contribution in [3.63, 3.8) is 0 Å². The second-order valence-corrected chi connectivity index (χ2v) is 8.72. The summed E-state index contributed by atoms with van der Waals surface area (Å²) in [4.78, 5) is 23.0. The number of halogens is 2. The van der Waals surface area contributed by atoms with E-state index >= 15 is 0 Å². The predicted molar refractivity (Wildman–Crippen MR) is 107 cm³/mol. The summed E-state index contributed by atoms with van der Waals surface area (Å²) in [6.45, 7) is 2.16. The molecule has 4 rings (SSSR count). The Bertz CT molecular complexity index is 1120. The van der Waals surface area contributed by atoms with Crippen molar-refractivity contribution in [3.05, 3.63) is 62.3 Å². The van der Waals surface area contributed by atoms with Gasteiger partial charge >= 0.3 is 0 Å². The van der Waals surface area contributed by atoms with E-state index in [2.05, 4.69) is 15.3 Å². The highest BCUT2D eigenvalue weighted by atomic mass is 35.5. The van der Waals surface area contributed by atoms with E-state index in [4.69, 9.17) is 23.2 Å². The summed E-state index contributed by atoms with van der Waals surface area (Å²) in [5.74, 6) is -0.163. The summed E-state index contributed by atoms with van der Waals surface area (Å²) < 4.78 is 2.53. The molecule has 0 saturated heterocycles. The molecular weight excluding hydrogens is 411 g/mol. The van der Waals surface area contributed by atoms with Crippen LogP contribution in [0.4, 0.5) is 0 Å². The number of aryl methyl sites for hydroxylation is 1. The number of hydrogen-bond acceptors (Lipinski definition) is 5. The maximum absolute atomic E-state index is 12.5. The zero-order chi connectivity index (χ0) is 18.3. The molecule has 0 aliphatic heterocycles. The first-order valence-corrected chi connectivity index (χ1v) is 10.0. The average Bonchev–Trinajstić information content (AvgIpc) is 3.30. The molecule has 0 radical (unpaired) electrons. The molecule has 0 aliphatic carbocycles. The van der Waals surface area contributed by atoms with Gasteiger partial charge in [0, 0.05) is 12.4 Å². The van der Waals surface area contributed by atoms with Crippen LogP contribution in [-0.4, -0.2) is 20.3 Å². The molecule has 5 nitrogen and oxygen atoms in total. The van der Waals surface area contributed by atoms with Crippen LogP contribution in [0.2, 0.25) is 9.36 Å². The van der Waals surface area contributed by atoms with Gasteiger partial charge in [-0.05, 0) is 31.2 Å². The SMILES string of the molecule is Cc1nc(-c2ccc(Cl)s2)sc1C(=O)NCc1cn2cc(Cl)ccc2n1. The largest absolute Gasteiger partial charge is 0.346 e. The van der Waals surface area contributed by atoms with Gasteiger partial charge in [0.1, 0.15) is 15.5 Å². The molecule has 9 heteroatoms. The first-order chi connectivity index (χ1) is 12.5. The van der Waals surface area contributed by atoms with Gasteiger partial charge in [0.15, 0.2) is 0 Å². The van der Waals surface area contributed by atoms with Crippen molar-refractivity contribution < 1.29 is 4.79 Å². The molecule has 0 aromatic carbocycles. The maximum Gasteiger partial charge on any atom is 0.263 e. The van der Waals surface area contributed by atoms with Gasteiger partial charge in [-0.25, -0.2) is 9.97 Å². The minimum absolute atomic E-state index is 0.163. The second-order valence-electron chi connectivity index (χ2n) is 5.57. The van der Waals surface area contributed by atoms with E-state index in [0.717, 1.165) is 21.2 Å². The number of thiophene rings is 1. The quantitative estimate of drug-likeness (QED) is 0.499. The number of imidazole rings is 1. The Morgan fingerprint density at radius 1 is 1.15 bits per heavy atom. The number of aromatic nitrogens is 3. The smallest absolute Gasteiger partial charge is 0.263 e. The van der Waals surface area contributed by atoms with E-state index < -0.39 is 0 Å². The topological polar surface area (TPSA) is 59.3 Å². The molecule has 4 heterocycles. The van der Waals surface area contributed by atoms with E-state index in [-0.39, 0.29) is 5.91 Å². The second kappa shape index (κ2) is 7.00. The lowest BCUT2D eigenvalue weighted by molar-refractivity contribution is 0.0953. The van der Waals surface area contributed by atoms with Crippen molar-refractivity contribution in [2.24, 2.45) is 0 Å². The Morgan fingerprint density at radius 3 is 2.77 bits per heavy atom. The Labute approximate surface area is 167 Å². The van der Waals surface area contributed by atoms with Gasteiger partial charge in [-0.1, -0.05) is 23.2 Å². The number of thiazole rings is 1. The fourth-order valence-corrected chi connectivity index (χ4v) is 4.74. The molecule has 0 bridgehead atoms. The minimum Gasteiger partial charge on any atom is -0.346 e. The highest BCUT2D eigenvalue weighted by molar-refractivity contribution is 7.24. The van der Waals surface area contributed by atoms with Crippen LogP contribution >= 0.6 is 45.9 Å². The van der Waals surface area contributed by atoms with Crippen molar-refractivity contribution in [2.75, 3.05) is 0 Å². The van der Waals surface area contributed by atoms with Crippen LogP contribution in [0.1, 0.15) is 21.1 Å². The van der Waals surface area contributed by atoms with E-state index in [0.29, 0.717) is 26.5 Å².